The Hall–Kier alpha value is -2.56. The van der Waals surface area contributed by atoms with Crippen LogP contribution >= 0.6 is 11.5 Å². The number of benzene rings is 2. The Balaban J connectivity index is 1.18. The van der Waals surface area contributed by atoms with E-state index >= 15 is 0 Å². The molecule has 0 N–H and O–H groups in total. The zero-order valence-corrected chi connectivity index (χ0v) is 19.9. The number of ether oxygens (including phenoxy) is 1. The third-order valence-electron chi connectivity index (χ3n) is 6.53. The van der Waals surface area contributed by atoms with Gasteiger partial charge in [-0.1, -0.05) is 24.3 Å². The van der Waals surface area contributed by atoms with Gasteiger partial charge in [-0.05, 0) is 42.7 Å². The Morgan fingerprint density at radius 1 is 1.09 bits per heavy atom. The van der Waals surface area contributed by atoms with Gasteiger partial charge in [0.1, 0.15) is 22.3 Å². The van der Waals surface area contributed by atoms with Crippen LogP contribution in [0, 0.1) is 11.2 Å². The molecule has 3 aromatic rings. The number of methoxy groups -OCH3 is 1. The number of hydrogen-bond donors (Lipinski definition) is 0. The Labute approximate surface area is 197 Å². The highest BCUT2D eigenvalue weighted by molar-refractivity contribution is 7.89. The lowest BCUT2D eigenvalue weighted by Gasteiger charge is -2.53. The number of anilines is 1. The molecule has 0 aliphatic carbocycles. The molecule has 1 spiro atoms. The first-order chi connectivity index (χ1) is 15.9. The lowest BCUT2D eigenvalue weighted by atomic mass is 9.73. The van der Waals surface area contributed by atoms with Crippen LogP contribution in [0.2, 0.25) is 0 Å². The molecule has 174 valence electrons. The van der Waals surface area contributed by atoms with E-state index < -0.39 is 10.0 Å². The van der Waals surface area contributed by atoms with E-state index in [1.807, 2.05) is 0 Å². The molecule has 0 unspecified atom stereocenters. The molecule has 2 aliphatic rings. The van der Waals surface area contributed by atoms with Crippen molar-refractivity contribution in [3.63, 3.8) is 0 Å². The number of halogens is 1. The second kappa shape index (κ2) is 8.66. The smallest absolute Gasteiger partial charge is 0.246 e. The normalized spacial score (nSPS) is 18.3. The van der Waals surface area contributed by atoms with Gasteiger partial charge in [-0.3, -0.25) is 0 Å². The number of rotatable bonds is 6. The van der Waals surface area contributed by atoms with E-state index in [-0.39, 0.29) is 16.1 Å². The molecule has 0 atom stereocenters. The summed E-state index contributed by atoms with van der Waals surface area (Å²) in [6.07, 6.45) is 2.21. The molecule has 33 heavy (non-hydrogen) atoms. The molecular weight excluding hydrogens is 463 g/mol. The monoisotopic (exact) mass is 488 g/mol. The number of sulfonamides is 1. The fraction of sp³-hybridized carbons (Fsp3) is 0.391. The highest BCUT2D eigenvalue weighted by atomic mass is 32.2. The van der Waals surface area contributed by atoms with Gasteiger partial charge < -0.3 is 9.64 Å². The molecule has 10 heteroatoms. The minimum Gasteiger partial charge on any atom is -0.495 e. The number of nitrogens with zero attached hydrogens (tertiary/aromatic N) is 4. The van der Waals surface area contributed by atoms with E-state index in [4.69, 9.17) is 4.74 Å². The maximum atomic E-state index is 13.1. The van der Waals surface area contributed by atoms with Gasteiger partial charge in [-0.15, -0.1) is 0 Å². The van der Waals surface area contributed by atoms with Gasteiger partial charge in [0.05, 0.1) is 7.11 Å². The van der Waals surface area contributed by atoms with Crippen molar-refractivity contribution in [3.05, 3.63) is 65.7 Å². The Kier molecular flexibility index (Phi) is 5.84. The summed E-state index contributed by atoms with van der Waals surface area (Å²) >= 11 is 1.38. The second-order valence-electron chi connectivity index (χ2n) is 8.71. The van der Waals surface area contributed by atoms with E-state index in [2.05, 4.69) is 14.3 Å². The molecule has 0 radical (unpaired) electrons. The molecule has 7 nitrogen and oxygen atoms in total. The molecule has 2 saturated heterocycles. The standard InChI is InChI=1S/C23H25FN4O3S2/c1-31-19-4-2-3-5-20(19)33(29,30)28-12-10-23(11-13-28)15-27(16-23)22-25-21(26-32-22)14-17-6-8-18(24)9-7-17/h2-9H,10-16H2,1H3. The molecule has 0 saturated carbocycles. The van der Waals surface area contributed by atoms with Gasteiger partial charge in [0, 0.05) is 49.5 Å². The molecule has 2 aliphatic heterocycles. The molecule has 2 fully saturated rings. The molecule has 2 aromatic carbocycles. The van der Waals surface area contributed by atoms with Gasteiger partial charge in [-0.2, -0.15) is 8.68 Å². The third-order valence-corrected chi connectivity index (χ3v) is 9.28. The summed E-state index contributed by atoms with van der Waals surface area (Å²) < 4.78 is 50.7. The van der Waals surface area contributed by atoms with Crippen LogP contribution in [-0.2, 0) is 16.4 Å². The predicted molar refractivity (Wildman–Crippen MR) is 125 cm³/mol. The number of hydrogen-bond acceptors (Lipinski definition) is 7. The summed E-state index contributed by atoms with van der Waals surface area (Å²) in [4.78, 5) is 7.10. The SMILES string of the molecule is COc1ccccc1S(=O)(=O)N1CCC2(CC1)CN(c1nc(Cc3ccc(F)cc3)ns1)C2. The van der Waals surface area contributed by atoms with Crippen molar-refractivity contribution in [2.75, 3.05) is 38.2 Å². The van der Waals surface area contributed by atoms with Gasteiger partial charge in [0.2, 0.25) is 15.2 Å². The Bertz CT molecular complexity index is 1230. The minimum absolute atomic E-state index is 0.121. The van der Waals surface area contributed by atoms with Crippen LogP contribution in [0.3, 0.4) is 0 Å². The maximum Gasteiger partial charge on any atom is 0.246 e. The lowest BCUT2D eigenvalue weighted by molar-refractivity contribution is 0.114. The third kappa shape index (κ3) is 4.34. The van der Waals surface area contributed by atoms with Crippen molar-refractivity contribution in [1.29, 1.82) is 0 Å². The van der Waals surface area contributed by atoms with Crippen LogP contribution in [-0.4, -0.2) is 55.4 Å². The van der Waals surface area contributed by atoms with Crippen LogP contribution in [0.25, 0.3) is 0 Å². The number of para-hydroxylation sites is 1. The van der Waals surface area contributed by atoms with Gasteiger partial charge in [0.15, 0.2) is 0 Å². The average Bonchev–Trinajstić information content (AvgIpc) is 3.27. The first-order valence-electron chi connectivity index (χ1n) is 10.8. The van der Waals surface area contributed by atoms with Gasteiger partial charge in [0.25, 0.3) is 0 Å². The minimum atomic E-state index is -3.58. The van der Waals surface area contributed by atoms with Crippen LogP contribution in [0.4, 0.5) is 9.52 Å². The maximum absolute atomic E-state index is 13.1. The molecule has 1 aromatic heterocycles. The van der Waals surface area contributed by atoms with Crippen molar-refractivity contribution < 1.29 is 17.5 Å². The first kappa shape index (κ1) is 22.2. The van der Waals surface area contributed by atoms with Crippen molar-refractivity contribution in [2.45, 2.75) is 24.2 Å². The highest BCUT2D eigenvalue weighted by Crippen LogP contribution is 2.44. The summed E-state index contributed by atoms with van der Waals surface area (Å²) in [5, 5.41) is 0.891. The molecule has 3 heterocycles. The number of aromatic nitrogens is 2. The largest absolute Gasteiger partial charge is 0.495 e. The van der Waals surface area contributed by atoms with Crippen molar-refractivity contribution in [2.24, 2.45) is 5.41 Å². The van der Waals surface area contributed by atoms with Gasteiger partial charge >= 0.3 is 0 Å². The fourth-order valence-electron chi connectivity index (χ4n) is 4.62. The second-order valence-corrected chi connectivity index (χ2v) is 11.3. The van der Waals surface area contributed by atoms with Crippen LogP contribution in [0.5, 0.6) is 5.75 Å². The average molecular weight is 489 g/mol. The van der Waals surface area contributed by atoms with E-state index in [0.29, 0.717) is 25.3 Å². The number of piperidine rings is 1. The Morgan fingerprint density at radius 3 is 2.48 bits per heavy atom. The summed E-state index contributed by atoms with van der Waals surface area (Å²) in [5.41, 5.74) is 1.10. The summed E-state index contributed by atoms with van der Waals surface area (Å²) in [5.74, 6) is 0.860. The van der Waals surface area contributed by atoms with Crippen molar-refractivity contribution in [3.8, 4) is 5.75 Å². The topological polar surface area (TPSA) is 75.6 Å². The zero-order valence-electron chi connectivity index (χ0n) is 18.3. The highest BCUT2D eigenvalue weighted by Gasteiger charge is 2.47. The molecule has 0 bridgehead atoms. The van der Waals surface area contributed by atoms with Crippen molar-refractivity contribution in [1.82, 2.24) is 13.7 Å². The van der Waals surface area contributed by atoms with Crippen LogP contribution in [0.1, 0.15) is 24.2 Å². The van der Waals surface area contributed by atoms with Crippen molar-refractivity contribution >= 4 is 26.7 Å². The van der Waals surface area contributed by atoms with E-state index in [1.165, 1.54) is 30.8 Å². The van der Waals surface area contributed by atoms with Crippen LogP contribution in [0.15, 0.2) is 53.4 Å². The Morgan fingerprint density at radius 2 is 1.79 bits per heavy atom. The zero-order chi connectivity index (χ0) is 23.1. The summed E-state index contributed by atoms with van der Waals surface area (Å²) in [6.45, 7) is 2.72. The first-order valence-corrected chi connectivity index (χ1v) is 13.1. The lowest BCUT2D eigenvalue weighted by Crippen LogP contribution is -2.61. The van der Waals surface area contributed by atoms with E-state index in [1.54, 1.807) is 40.7 Å². The van der Waals surface area contributed by atoms with E-state index in [0.717, 1.165) is 42.5 Å². The van der Waals surface area contributed by atoms with Crippen LogP contribution < -0.4 is 9.64 Å². The van der Waals surface area contributed by atoms with Gasteiger partial charge in [-0.25, -0.2) is 17.8 Å². The quantitative estimate of drug-likeness (QED) is 0.528. The molecule has 5 rings (SSSR count). The molecule has 0 amide bonds. The van der Waals surface area contributed by atoms with E-state index in [9.17, 15) is 12.8 Å². The fourth-order valence-corrected chi connectivity index (χ4v) is 6.90. The summed E-state index contributed by atoms with van der Waals surface area (Å²) in [6, 6.07) is 13.2. The summed E-state index contributed by atoms with van der Waals surface area (Å²) in [7, 11) is -2.10. The predicted octanol–water partition coefficient (Wildman–Crippen LogP) is 3.57. The molecular formula is C23H25FN4O3S2.